The monoisotopic (exact) mass is 213 g/mol. The Kier molecular flexibility index (Phi) is 3.94. The van der Waals surface area contributed by atoms with Gasteiger partial charge in [0.1, 0.15) is 0 Å². The fourth-order valence-electron chi connectivity index (χ4n) is 1.23. The Bertz CT molecular complexity index is 308. The van der Waals surface area contributed by atoms with Gasteiger partial charge in [0.25, 0.3) is 0 Å². The van der Waals surface area contributed by atoms with Gasteiger partial charge in [0.2, 0.25) is 0 Å². The summed E-state index contributed by atoms with van der Waals surface area (Å²) in [7, 11) is 1.83. The zero-order chi connectivity index (χ0) is 10.6. The zero-order valence-electron chi connectivity index (χ0n) is 8.69. The Morgan fingerprint density at radius 3 is 2.93 bits per heavy atom. The summed E-state index contributed by atoms with van der Waals surface area (Å²) in [4.78, 5) is 0.843. The number of aryl methyl sites for hydroxylation is 1. The first-order valence-corrected chi connectivity index (χ1v) is 5.06. The van der Waals surface area contributed by atoms with Gasteiger partial charge in [0.05, 0.1) is 4.99 Å². The van der Waals surface area contributed by atoms with Crippen molar-refractivity contribution in [2.24, 2.45) is 5.92 Å². The first kappa shape index (κ1) is 11.0. The van der Waals surface area contributed by atoms with Crippen molar-refractivity contribution >= 4 is 17.2 Å². The summed E-state index contributed by atoms with van der Waals surface area (Å²) in [5.41, 5.74) is 0. The van der Waals surface area contributed by atoms with Crippen molar-refractivity contribution in [2.45, 2.75) is 26.8 Å². The smallest absolute Gasteiger partial charge is 0.151 e. The van der Waals surface area contributed by atoms with Crippen LogP contribution in [0.1, 0.15) is 19.7 Å². The predicted octanol–water partition coefficient (Wildman–Crippen LogP) is 0.418. The molecule has 1 atom stereocenters. The van der Waals surface area contributed by atoms with Crippen molar-refractivity contribution in [1.82, 2.24) is 25.5 Å². The molecule has 1 heterocycles. The fraction of sp³-hybridized carbons (Fsp3) is 0.750. The molecule has 6 heteroatoms. The van der Waals surface area contributed by atoms with Crippen LogP contribution in [0.3, 0.4) is 0 Å². The lowest BCUT2D eigenvalue weighted by molar-refractivity contribution is 0.577. The quantitative estimate of drug-likeness (QED) is 0.735. The van der Waals surface area contributed by atoms with Gasteiger partial charge in [-0.2, -0.15) is 0 Å². The molecule has 1 aromatic heterocycles. The van der Waals surface area contributed by atoms with Crippen LogP contribution >= 0.6 is 12.2 Å². The molecule has 0 fully saturated rings. The predicted molar refractivity (Wildman–Crippen MR) is 58.0 cm³/mol. The van der Waals surface area contributed by atoms with Gasteiger partial charge in [0.15, 0.2) is 5.82 Å². The van der Waals surface area contributed by atoms with Gasteiger partial charge in [-0.25, -0.2) is 4.68 Å². The van der Waals surface area contributed by atoms with E-state index in [1.807, 2.05) is 14.0 Å². The Balaban J connectivity index is 2.64. The van der Waals surface area contributed by atoms with E-state index >= 15 is 0 Å². The maximum Gasteiger partial charge on any atom is 0.151 e. The van der Waals surface area contributed by atoms with E-state index in [-0.39, 0.29) is 5.92 Å². The largest absolute Gasteiger partial charge is 0.382 e. The van der Waals surface area contributed by atoms with Crippen molar-refractivity contribution in [2.75, 3.05) is 7.05 Å². The van der Waals surface area contributed by atoms with Crippen LogP contribution in [-0.2, 0) is 13.0 Å². The van der Waals surface area contributed by atoms with Crippen LogP contribution in [0.2, 0.25) is 0 Å². The summed E-state index contributed by atoms with van der Waals surface area (Å²) >= 11 is 5.14. The molecule has 78 valence electrons. The van der Waals surface area contributed by atoms with Crippen LogP contribution in [0.25, 0.3) is 0 Å². The third-order valence-corrected chi connectivity index (χ3v) is 2.69. The lowest BCUT2D eigenvalue weighted by Crippen LogP contribution is -2.25. The molecule has 0 bridgehead atoms. The van der Waals surface area contributed by atoms with E-state index in [1.165, 1.54) is 0 Å². The molecular weight excluding hydrogens is 198 g/mol. The van der Waals surface area contributed by atoms with Crippen molar-refractivity contribution in [3.05, 3.63) is 5.82 Å². The Morgan fingerprint density at radius 1 is 1.64 bits per heavy atom. The maximum absolute atomic E-state index is 5.14. The standard InChI is InChI=1S/C8H15N5S/c1-4-13-7(10-11-12-13)5-6(2)8(14)9-3/h6H,4-5H2,1-3H3,(H,9,14). The van der Waals surface area contributed by atoms with E-state index in [1.54, 1.807) is 4.68 Å². The summed E-state index contributed by atoms with van der Waals surface area (Å²) in [5, 5.41) is 14.4. The Hall–Kier alpha value is -1.04. The molecule has 0 aliphatic rings. The summed E-state index contributed by atoms with van der Waals surface area (Å²) < 4.78 is 1.79. The van der Waals surface area contributed by atoms with Crippen LogP contribution in [0, 0.1) is 5.92 Å². The van der Waals surface area contributed by atoms with E-state index in [2.05, 4.69) is 27.8 Å². The second kappa shape index (κ2) is 4.99. The number of aromatic nitrogens is 4. The van der Waals surface area contributed by atoms with Gasteiger partial charge in [0, 0.05) is 25.9 Å². The molecule has 0 spiro atoms. The average Bonchev–Trinajstić information content (AvgIpc) is 2.63. The van der Waals surface area contributed by atoms with E-state index in [0.717, 1.165) is 23.8 Å². The minimum atomic E-state index is 0.270. The number of tetrazole rings is 1. The maximum atomic E-state index is 5.14. The van der Waals surface area contributed by atoms with Crippen molar-refractivity contribution in [1.29, 1.82) is 0 Å². The van der Waals surface area contributed by atoms with Crippen LogP contribution in [-0.4, -0.2) is 32.2 Å². The number of nitrogens with zero attached hydrogens (tertiary/aromatic N) is 4. The molecule has 1 rings (SSSR count). The highest BCUT2D eigenvalue weighted by Crippen LogP contribution is 2.05. The minimum absolute atomic E-state index is 0.270. The number of hydrogen-bond acceptors (Lipinski definition) is 4. The van der Waals surface area contributed by atoms with Crippen molar-refractivity contribution in [3.8, 4) is 0 Å². The Labute approximate surface area is 88.9 Å². The molecule has 0 amide bonds. The second-order valence-corrected chi connectivity index (χ2v) is 3.57. The summed E-state index contributed by atoms with van der Waals surface area (Å²) in [5.74, 6) is 1.16. The van der Waals surface area contributed by atoms with Gasteiger partial charge in [-0.3, -0.25) is 0 Å². The van der Waals surface area contributed by atoms with E-state index in [0.29, 0.717) is 0 Å². The van der Waals surface area contributed by atoms with Crippen molar-refractivity contribution < 1.29 is 0 Å². The molecule has 1 aromatic rings. The minimum Gasteiger partial charge on any atom is -0.382 e. The number of thiocarbonyl (C=S) groups is 1. The van der Waals surface area contributed by atoms with Gasteiger partial charge in [-0.15, -0.1) is 5.10 Å². The van der Waals surface area contributed by atoms with Crippen LogP contribution in [0.4, 0.5) is 0 Å². The number of nitrogens with one attached hydrogen (secondary N) is 1. The Morgan fingerprint density at radius 2 is 2.36 bits per heavy atom. The van der Waals surface area contributed by atoms with Gasteiger partial charge < -0.3 is 5.32 Å². The second-order valence-electron chi connectivity index (χ2n) is 3.13. The van der Waals surface area contributed by atoms with Gasteiger partial charge >= 0.3 is 0 Å². The number of rotatable bonds is 4. The van der Waals surface area contributed by atoms with Gasteiger partial charge in [-0.05, 0) is 17.4 Å². The summed E-state index contributed by atoms with van der Waals surface area (Å²) in [6.07, 6.45) is 0.778. The third-order valence-electron chi connectivity index (χ3n) is 2.09. The van der Waals surface area contributed by atoms with Gasteiger partial charge in [-0.1, -0.05) is 19.1 Å². The normalized spacial score (nSPS) is 12.5. The molecule has 0 aliphatic carbocycles. The molecular formula is C8H15N5S. The summed E-state index contributed by atoms with van der Waals surface area (Å²) in [6, 6.07) is 0. The molecule has 0 saturated carbocycles. The lowest BCUT2D eigenvalue weighted by Gasteiger charge is -2.11. The zero-order valence-corrected chi connectivity index (χ0v) is 9.51. The van der Waals surface area contributed by atoms with E-state index in [9.17, 15) is 0 Å². The summed E-state index contributed by atoms with van der Waals surface area (Å²) in [6.45, 7) is 4.87. The molecule has 0 aromatic carbocycles. The first-order valence-electron chi connectivity index (χ1n) is 4.65. The van der Waals surface area contributed by atoms with E-state index < -0.39 is 0 Å². The molecule has 0 radical (unpaired) electrons. The lowest BCUT2D eigenvalue weighted by atomic mass is 10.1. The van der Waals surface area contributed by atoms with E-state index in [4.69, 9.17) is 12.2 Å². The SMILES string of the molecule is CCn1nnnc1CC(C)C(=S)NC. The van der Waals surface area contributed by atoms with Crippen LogP contribution in [0.15, 0.2) is 0 Å². The highest BCUT2D eigenvalue weighted by Gasteiger charge is 2.12. The fourth-order valence-corrected chi connectivity index (χ4v) is 1.31. The first-order chi connectivity index (χ1) is 6.69. The number of hydrogen-bond donors (Lipinski definition) is 1. The highest BCUT2D eigenvalue weighted by molar-refractivity contribution is 7.80. The van der Waals surface area contributed by atoms with Crippen LogP contribution in [0.5, 0.6) is 0 Å². The topological polar surface area (TPSA) is 55.6 Å². The molecule has 5 nitrogen and oxygen atoms in total. The van der Waals surface area contributed by atoms with Crippen LogP contribution < -0.4 is 5.32 Å². The van der Waals surface area contributed by atoms with Crippen molar-refractivity contribution in [3.63, 3.8) is 0 Å². The molecule has 1 N–H and O–H groups in total. The molecule has 0 aliphatic heterocycles. The average molecular weight is 213 g/mol. The molecule has 0 saturated heterocycles. The third kappa shape index (κ3) is 2.47. The molecule has 14 heavy (non-hydrogen) atoms. The highest BCUT2D eigenvalue weighted by atomic mass is 32.1. The molecule has 1 unspecified atom stereocenters.